The molecule has 0 radical (unpaired) electrons. The van der Waals surface area contributed by atoms with E-state index < -0.39 is 0 Å². The van der Waals surface area contributed by atoms with E-state index in [9.17, 15) is 4.39 Å². The van der Waals surface area contributed by atoms with Crippen LogP contribution in [0.15, 0.2) is 42.5 Å². The summed E-state index contributed by atoms with van der Waals surface area (Å²) in [6.07, 6.45) is 0. The molecule has 0 heterocycles. The fraction of sp³-hybridized carbons (Fsp3) is 0.368. The molecule has 0 unspecified atom stereocenters. The van der Waals surface area contributed by atoms with E-state index in [0.29, 0.717) is 18.9 Å². The molecule has 1 N–H and O–H groups in total. The zero-order valence-electron chi connectivity index (χ0n) is 15.3. The van der Waals surface area contributed by atoms with Crippen LogP contribution in [0.5, 0.6) is 11.5 Å². The Morgan fingerprint density at radius 2 is 1.73 bits per heavy atom. The highest BCUT2D eigenvalue weighted by Crippen LogP contribution is 2.31. The van der Waals surface area contributed by atoms with Gasteiger partial charge >= 0.3 is 0 Å². The SMILES string of the molecule is COc1cccc(CNCCN(C)C)c1OCc1ccc(F)cc1.Cl.Cl. The molecule has 0 saturated heterocycles. The van der Waals surface area contributed by atoms with Gasteiger partial charge in [-0.25, -0.2) is 4.39 Å². The van der Waals surface area contributed by atoms with E-state index in [-0.39, 0.29) is 30.6 Å². The molecule has 2 rings (SSSR count). The highest BCUT2D eigenvalue weighted by molar-refractivity contribution is 5.85. The molecule has 26 heavy (non-hydrogen) atoms. The summed E-state index contributed by atoms with van der Waals surface area (Å²) >= 11 is 0. The highest BCUT2D eigenvalue weighted by Gasteiger charge is 2.11. The van der Waals surface area contributed by atoms with Crippen molar-refractivity contribution in [2.24, 2.45) is 0 Å². The van der Waals surface area contributed by atoms with Crippen LogP contribution in [0, 0.1) is 5.82 Å². The summed E-state index contributed by atoms with van der Waals surface area (Å²) in [5, 5.41) is 3.40. The molecule has 0 aliphatic heterocycles. The molecule has 7 heteroatoms. The third-order valence-electron chi connectivity index (χ3n) is 3.63. The molecule has 0 fully saturated rings. The van der Waals surface area contributed by atoms with E-state index >= 15 is 0 Å². The molecular weight excluding hydrogens is 378 g/mol. The van der Waals surface area contributed by atoms with Gasteiger partial charge in [0, 0.05) is 25.2 Å². The molecule has 2 aromatic rings. The van der Waals surface area contributed by atoms with Gasteiger partial charge in [0.2, 0.25) is 0 Å². The van der Waals surface area contributed by atoms with Crippen molar-refractivity contribution in [3.05, 3.63) is 59.4 Å². The number of likely N-dealkylation sites (N-methyl/N-ethyl adjacent to an activating group) is 1. The number of methoxy groups -OCH3 is 1. The van der Waals surface area contributed by atoms with Gasteiger partial charge in [-0.1, -0.05) is 24.3 Å². The quantitative estimate of drug-likeness (QED) is 0.642. The molecule has 0 amide bonds. The van der Waals surface area contributed by atoms with Crippen molar-refractivity contribution in [3.63, 3.8) is 0 Å². The second-order valence-electron chi connectivity index (χ2n) is 5.84. The van der Waals surface area contributed by atoms with Crippen molar-refractivity contribution in [3.8, 4) is 11.5 Å². The smallest absolute Gasteiger partial charge is 0.166 e. The first kappa shape index (κ1) is 24.5. The molecule has 2 aromatic carbocycles. The molecule has 0 bridgehead atoms. The van der Waals surface area contributed by atoms with Gasteiger partial charge in [-0.2, -0.15) is 0 Å². The fourth-order valence-corrected chi connectivity index (χ4v) is 2.29. The van der Waals surface area contributed by atoms with E-state index in [2.05, 4.69) is 10.2 Å². The van der Waals surface area contributed by atoms with Gasteiger partial charge in [-0.05, 0) is 37.9 Å². The molecule has 4 nitrogen and oxygen atoms in total. The molecule has 0 spiro atoms. The number of nitrogens with zero attached hydrogens (tertiary/aromatic N) is 1. The Kier molecular flexibility index (Phi) is 12.0. The molecule has 0 atom stereocenters. The zero-order chi connectivity index (χ0) is 17.4. The van der Waals surface area contributed by atoms with E-state index in [1.807, 2.05) is 32.3 Å². The lowest BCUT2D eigenvalue weighted by molar-refractivity contribution is 0.280. The second-order valence-corrected chi connectivity index (χ2v) is 5.84. The minimum Gasteiger partial charge on any atom is -0.493 e. The van der Waals surface area contributed by atoms with E-state index in [4.69, 9.17) is 9.47 Å². The number of hydrogen-bond acceptors (Lipinski definition) is 4. The number of para-hydroxylation sites is 1. The first-order chi connectivity index (χ1) is 11.6. The van der Waals surface area contributed by atoms with Crippen molar-refractivity contribution in [1.82, 2.24) is 10.2 Å². The number of hydrogen-bond donors (Lipinski definition) is 1. The van der Waals surface area contributed by atoms with Crippen molar-refractivity contribution in [1.29, 1.82) is 0 Å². The van der Waals surface area contributed by atoms with Gasteiger partial charge in [0.25, 0.3) is 0 Å². The van der Waals surface area contributed by atoms with Crippen LogP contribution in [0.2, 0.25) is 0 Å². The average Bonchev–Trinajstić information content (AvgIpc) is 2.58. The Morgan fingerprint density at radius 1 is 1.04 bits per heavy atom. The molecule has 0 aliphatic carbocycles. The van der Waals surface area contributed by atoms with Crippen LogP contribution in [0.3, 0.4) is 0 Å². The van der Waals surface area contributed by atoms with Crippen LogP contribution in [0.25, 0.3) is 0 Å². The van der Waals surface area contributed by atoms with Crippen LogP contribution in [-0.4, -0.2) is 39.2 Å². The predicted molar refractivity (Wildman–Crippen MR) is 108 cm³/mol. The van der Waals surface area contributed by atoms with Crippen molar-refractivity contribution < 1.29 is 13.9 Å². The van der Waals surface area contributed by atoms with Gasteiger partial charge in [-0.15, -0.1) is 24.8 Å². The largest absolute Gasteiger partial charge is 0.493 e. The standard InChI is InChI=1S/C19H25FN2O2.2ClH/c1-22(2)12-11-21-13-16-5-4-6-18(23-3)19(16)24-14-15-7-9-17(20)10-8-15;;/h4-10,21H,11-14H2,1-3H3;2*1H. The minimum atomic E-state index is -0.248. The van der Waals surface area contributed by atoms with Gasteiger partial charge in [0.15, 0.2) is 11.5 Å². The Hall–Kier alpha value is -1.53. The van der Waals surface area contributed by atoms with Crippen molar-refractivity contribution in [2.45, 2.75) is 13.2 Å². The summed E-state index contributed by atoms with van der Waals surface area (Å²) in [5.41, 5.74) is 1.95. The predicted octanol–water partition coefficient (Wildman–Crippen LogP) is 3.91. The first-order valence-electron chi connectivity index (χ1n) is 7.98. The maximum atomic E-state index is 13.0. The molecule has 0 saturated carbocycles. The van der Waals surface area contributed by atoms with E-state index in [1.54, 1.807) is 19.2 Å². The Balaban J connectivity index is 0.00000312. The first-order valence-corrected chi connectivity index (χ1v) is 7.98. The Morgan fingerprint density at radius 3 is 2.35 bits per heavy atom. The van der Waals surface area contributed by atoms with Crippen LogP contribution in [-0.2, 0) is 13.2 Å². The molecule has 0 aromatic heterocycles. The lowest BCUT2D eigenvalue weighted by Gasteiger charge is -2.16. The van der Waals surface area contributed by atoms with Crippen LogP contribution < -0.4 is 14.8 Å². The molecule has 146 valence electrons. The minimum absolute atomic E-state index is 0. The topological polar surface area (TPSA) is 33.7 Å². The summed E-state index contributed by atoms with van der Waals surface area (Å²) in [4.78, 5) is 2.13. The Labute approximate surface area is 167 Å². The van der Waals surface area contributed by atoms with Gasteiger partial charge in [0.1, 0.15) is 12.4 Å². The summed E-state index contributed by atoms with van der Waals surface area (Å²) in [5.74, 6) is 1.17. The summed E-state index contributed by atoms with van der Waals surface area (Å²) in [6, 6.07) is 12.2. The van der Waals surface area contributed by atoms with Gasteiger partial charge < -0.3 is 19.7 Å². The van der Waals surface area contributed by atoms with Crippen molar-refractivity contribution >= 4 is 24.8 Å². The average molecular weight is 405 g/mol. The zero-order valence-corrected chi connectivity index (χ0v) is 17.0. The van der Waals surface area contributed by atoms with Crippen LogP contribution in [0.4, 0.5) is 4.39 Å². The van der Waals surface area contributed by atoms with Gasteiger partial charge in [-0.3, -0.25) is 0 Å². The van der Waals surface area contributed by atoms with Gasteiger partial charge in [0.05, 0.1) is 7.11 Å². The third kappa shape index (κ3) is 7.79. The van der Waals surface area contributed by atoms with Crippen LogP contribution in [0.1, 0.15) is 11.1 Å². The fourth-order valence-electron chi connectivity index (χ4n) is 2.29. The third-order valence-corrected chi connectivity index (χ3v) is 3.63. The maximum Gasteiger partial charge on any atom is 0.166 e. The monoisotopic (exact) mass is 404 g/mol. The summed E-state index contributed by atoms with van der Waals surface area (Å²) in [6.45, 7) is 2.92. The Bertz CT molecular complexity index is 640. The number of ether oxygens (including phenoxy) is 2. The maximum absolute atomic E-state index is 13.0. The number of rotatable bonds is 9. The lowest BCUT2D eigenvalue weighted by atomic mass is 10.1. The van der Waals surface area contributed by atoms with Crippen LogP contribution >= 0.6 is 24.8 Å². The normalized spacial score (nSPS) is 10.0. The summed E-state index contributed by atoms with van der Waals surface area (Å²) in [7, 11) is 5.72. The molecular formula is C19H27Cl2FN2O2. The highest BCUT2D eigenvalue weighted by atomic mass is 35.5. The number of halogens is 3. The van der Waals surface area contributed by atoms with E-state index in [1.165, 1.54) is 12.1 Å². The number of benzene rings is 2. The lowest BCUT2D eigenvalue weighted by Crippen LogP contribution is -2.26. The van der Waals surface area contributed by atoms with Crippen molar-refractivity contribution in [2.75, 3.05) is 34.3 Å². The van der Waals surface area contributed by atoms with E-state index in [0.717, 1.165) is 30.0 Å². The summed E-state index contributed by atoms with van der Waals surface area (Å²) < 4.78 is 24.4. The molecule has 0 aliphatic rings. The number of nitrogens with one attached hydrogen (secondary N) is 1. The second kappa shape index (κ2) is 12.8.